The van der Waals surface area contributed by atoms with Crippen molar-refractivity contribution in [1.82, 2.24) is 0 Å². The minimum atomic E-state index is -1.54. The highest BCUT2D eigenvalue weighted by atomic mass is 28.3. The molecule has 1 radical (unpaired) electrons. The van der Waals surface area contributed by atoms with Gasteiger partial charge in [-0.2, -0.15) is 0 Å². The maximum Gasteiger partial charge on any atom is 0.280 e. The fourth-order valence-electron chi connectivity index (χ4n) is 1.36. The van der Waals surface area contributed by atoms with E-state index < -0.39 is 9.04 Å². The van der Waals surface area contributed by atoms with Crippen molar-refractivity contribution in [2.75, 3.05) is 0 Å². The molecule has 0 fully saturated rings. The van der Waals surface area contributed by atoms with Crippen LogP contribution in [0.5, 0.6) is 0 Å². The minimum absolute atomic E-state index is 1.03. The Hall–Kier alpha value is -1.38. The van der Waals surface area contributed by atoms with Gasteiger partial charge in [0, 0.05) is 0 Å². The van der Waals surface area contributed by atoms with E-state index >= 15 is 0 Å². The zero-order valence-electron chi connectivity index (χ0n) is 7.72. The van der Waals surface area contributed by atoms with Gasteiger partial charge in [-0.25, -0.2) is 0 Å². The lowest BCUT2D eigenvalue weighted by molar-refractivity contribution is 0.600. The molecule has 0 heterocycles. The first kappa shape index (κ1) is 9.18. The molecular weight excluding hydrogens is 188 g/mol. The Morgan fingerprint density at radius 2 is 1.00 bits per heavy atom. The molecule has 0 aliphatic rings. The highest BCUT2D eigenvalue weighted by Crippen LogP contribution is 1.89. The van der Waals surface area contributed by atoms with E-state index in [2.05, 4.69) is 0 Å². The SMILES string of the molecule is O[Si](c1ccccc1)c1ccccc1. The summed E-state index contributed by atoms with van der Waals surface area (Å²) in [7, 11) is -1.54. The second kappa shape index (κ2) is 4.22. The molecule has 0 aliphatic carbocycles. The largest absolute Gasteiger partial charge is 0.424 e. The van der Waals surface area contributed by atoms with Crippen LogP contribution in [-0.4, -0.2) is 13.8 Å². The van der Waals surface area contributed by atoms with Gasteiger partial charge in [-0.1, -0.05) is 60.7 Å². The number of hydrogen-bond acceptors (Lipinski definition) is 1. The van der Waals surface area contributed by atoms with E-state index in [9.17, 15) is 4.80 Å². The first-order valence-corrected chi connectivity index (χ1v) is 5.99. The molecule has 2 aromatic carbocycles. The summed E-state index contributed by atoms with van der Waals surface area (Å²) in [4.78, 5) is 10.1. The third kappa shape index (κ3) is 1.92. The van der Waals surface area contributed by atoms with Crippen molar-refractivity contribution in [1.29, 1.82) is 0 Å². The molecule has 0 spiro atoms. The normalized spacial score (nSPS) is 10.4. The molecular formula is C12H11OSi. The Morgan fingerprint density at radius 3 is 1.36 bits per heavy atom. The first-order chi connectivity index (χ1) is 6.88. The van der Waals surface area contributed by atoms with Crippen LogP contribution < -0.4 is 10.4 Å². The summed E-state index contributed by atoms with van der Waals surface area (Å²) in [5.41, 5.74) is 0. The predicted molar refractivity (Wildman–Crippen MR) is 60.1 cm³/mol. The molecule has 0 aromatic heterocycles. The van der Waals surface area contributed by atoms with Crippen molar-refractivity contribution in [3.8, 4) is 0 Å². The van der Waals surface area contributed by atoms with E-state index in [1.807, 2.05) is 60.7 Å². The van der Waals surface area contributed by atoms with Crippen molar-refractivity contribution in [3.05, 3.63) is 60.7 Å². The molecule has 2 heteroatoms. The van der Waals surface area contributed by atoms with Crippen LogP contribution in [0.1, 0.15) is 0 Å². The van der Waals surface area contributed by atoms with Crippen LogP contribution in [0.15, 0.2) is 60.7 Å². The van der Waals surface area contributed by atoms with Crippen LogP contribution in [0.3, 0.4) is 0 Å². The Kier molecular flexibility index (Phi) is 2.77. The van der Waals surface area contributed by atoms with Gasteiger partial charge in [0.15, 0.2) is 0 Å². The minimum Gasteiger partial charge on any atom is -0.424 e. The van der Waals surface area contributed by atoms with Crippen molar-refractivity contribution >= 4 is 19.4 Å². The molecule has 0 aliphatic heterocycles. The molecule has 0 saturated carbocycles. The van der Waals surface area contributed by atoms with Crippen LogP contribution in [0.4, 0.5) is 0 Å². The molecule has 2 aromatic rings. The lowest BCUT2D eigenvalue weighted by Crippen LogP contribution is -2.41. The van der Waals surface area contributed by atoms with Crippen molar-refractivity contribution < 1.29 is 4.80 Å². The molecule has 1 N–H and O–H groups in total. The van der Waals surface area contributed by atoms with Gasteiger partial charge in [0.05, 0.1) is 0 Å². The summed E-state index contributed by atoms with van der Waals surface area (Å²) >= 11 is 0. The highest BCUT2D eigenvalue weighted by Gasteiger charge is 2.12. The average Bonchev–Trinajstić information content (AvgIpc) is 2.30. The van der Waals surface area contributed by atoms with Crippen molar-refractivity contribution in [2.45, 2.75) is 0 Å². The molecule has 0 amide bonds. The van der Waals surface area contributed by atoms with E-state index in [4.69, 9.17) is 0 Å². The standard InChI is InChI=1S/C12H11OSi/c13-14(11-7-3-1-4-8-11)12-9-5-2-6-10-12/h1-10,13H. The molecule has 1 nitrogen and oxygen atoms in total. The maximum atomic E-state index is 10.1. The van der Waals surface area contributed by atoms with E-state index in [-0.39, 0.29) is 0 Å². The Morgan fingerprint density at radius 1 is 0.643 bits per heavy atom. The highest BCUT2D eigenvalue weighted by molar-refractivity contribution is 6.78. The van der Waals surface area contributed by atoms with Crippen LogP contribution in [-0.2, 0) is 0 Å². The number of hydrogen-bond donors (Lipinski definition) is 1. The molecule has 14 heavy (non-hydrogen) atoms. The first-order valence-electron chi connectivity index (χ1n) is 4.54. The molecule has 0 unspecified atom stereocenters. The van der Waals surface area contributed by atoms with E-state index in [0.717, 1.165) is 10.4 Å². The van der Waals surface area contributed by atoms with E-state index in [1.54, 1.807) is 0 Å². The fourth-order valence-corrected chi connectivity index (χ4v) is 2.71. The zero-order valence-corrected chi connectivity index (χ0v) is 8.72. The third-order valence-corrected chi connectivity index (χ3v) is 3.85. The molecule has 69 valence electrons. The Balaban J connectivity index is 2.30. The molecule has 0 saturated heterocycles. The van der Waals surface area contributed by atoms with Gasteiger partial charge in [-0.15, -0.1) is 0 Å². The third-order valence-electron chi connectivity index (χ3n) is 2.09. The van der Waals surface area contributed by atoms with Gasteiger partial charge < -0.3 is 4.80 Å². The Bertz CT molecular complexity index is 346. The van der Waals surface area contributed by atoms with E-state index in [0.29, 0.717) is 0 Å². The van der Waals surface area contributed by atoms with Crippen LogP contribution in [0, 0.1) is 0 Å². The van der Waals surface area contributed by atoms with Crippen LogP contribution in [0.2, 0.25) is 0 Å². The lowest BCUT2D eigenvalue weighted by atomic mass is 10.4. The van der Waals surface area contributed by atoms with Gasteiger partial charge in [-0.05, 0) is 10.4 Å². The fraction of sp³-hybridized carbons (Fsp3) is 0. The predicted octanol–water partition coefficient (Wildman–Crippen LogP) is 0.785. The van der Waals surface area contributed by atoms with Crippen LogP contribution in [0.25, 0.3) is 0 Å². The number of rotatable bonds is 2. The zero-order chi connectivity index (χ0) is 9.80. The van der Waals surface area contributed by atoms with E-state index in [1.165, 1.54) is 0 Å². The Labute approximate surface area is 85.4 Å². The lowest BCUT2D eigenvalue weighted by Gasteiger charge is -2.06. The van der Waals surface area contributed by atoms with Gasteiger partial charge in [0.1, 0.15) is 0 Å². The summed E-state index contributed by atoms with van der Waals surface area (Å²) in [6, 6.07) is 19.6. The second-order valence-electron chi connectivity index (χ2n) is 3.08. The smallest absolute Gasteiger partial charge is 0.280 e. The monoisotopic (exact) mass is 199 g/mol. The van der Waals surface area contributed by atoms with Gasteiger partial charge in [0.25, 0.3) is 9.04 Å². The summed E-state index contributed by atoms with van der Waals surface area (Å²) in [6.45, 7) is 0. The molecule has 0 bridgehead atoms. The quantitative estimate of drug-likeness (QED) is 0.709. The summed E-state index contributed by atoms with van der Waals surface area (Å²) in [5, 5.41) is 2.06. The van der Waals surface area contributed by atoms with Crippen LogP contribution >= 0.6 is 0 Å². The maximum absolute atomic E-state index is 10.1. The molecule has 2 rings (SSSR count). The summed E-state index contributed by atoms with van der Waals surface area (Å²) < 4.78 is 0. The topological polar surface area (TPSA) is 20.2 Å². The van der Waals surface area contributed by atoms with Gasteiger partial charge >= 0.3 is 0 Å². The summed E-state index contributed by atoms with van der Waals surface area (Å²) in [5.74, 6) is 0. The second-order valence-corrected chi connectivity index (χ2v) is 4.93. The molecule has 0 atom stereocenters. The number of benzene rings is 2. The van der Waals surface area contributed by atoms with Crippen molar-refractivity contribution in [2.24, 2.45) is 0 Å². The van der Waals surface area contributed by atoms with Crippen molar-refractivity contribution in [3.63, 3.8) is 0 Å². The van der Waals surface area contributed by atoms with Gasteiger partial charge in [0.2, 0.25) is 0 Å². The summed E-state index contributed by atoms with van der Waals surface area (Å²) in [6.07, 6.45) is 0. The van der Waals surface area contributed by atoms with Gasteiger partial charge in [-0.3, -0.25) is 0 Å². The average molecular weight is 199 g/mol.